The van der Waals surface area contributed by atoms with E-state index in [2.05, 4.69) is 10.6 Å². The van der Waals surface area contributed by atoms with E-state index in [-0.39, 0.29) is 18.4 Å². The minimum absolute atomic E-state index is 0.0407. The number of carbonyl (C=O) groups is 3. The van der Waals surface area contributed by atoms with Crippen LogP contribution in [0.5, 0.6) is 11.5 Å². The highest BCUT2D eigenvalue weighted by Crippen LogP contribution is 2.36. The van der Waals surface area contributed by atoms with E-state index in [1.165, 1.54) is 21.3 Å². The molecule has 0 bridgehead atoms. The lowest BCUT2D eigenvalue weighted by atomic mass is 10.0. The van der Waals surface area contributed by atoms with Crippen LogP contribution in [0.4, 0.5) is 16.2 Å². The molecule has 9 nitrogen and oxygen atoms in total. The van der Waals surface area contributed by atoms with Gasteiger partial charge >= 0.3 is 12.0 Å². The number of anilines is 2. The van der Waals surface area contributed by atoms with E-state index < -0.39 is 12.0 Å². The number of hydrogen-bond donors (Lipinski definition) is 2. The van der Waals surface area contributed by atoms with Crippen LogP contribution in [0.1, 0.15) is 33.1 Å². The molecule has 204 valence electrons. The molecule has 1 unspecified atom stereocenters. The molecule has 0 radical (unpaired) electrons. The molecular formula is C29H31N3O6S. The largest absolute Gasteiger partial charge is 0.496 e. The molecular weight excluding hydrogens is 518 g/mol. The van der Waals surface area contributed by atoms with Gasteiger partial charge < -0.3 is 29.7 Å². The second kappa shape index (κ2) is 12.6. The number of ether oxygens (including phenoxy) is 3. The fraction of sp³-hybridized carbons (Fsp3) is 0.276. The second-order valence-electron chi connectivity index (χ2n) is 8.94. The average Bonchev–Trinajstić information content (AvgIpc) is 3.44. The molecule has 3 aromatic carbocycles. The summed E-state index contributed by atoms with van der Waals surface area (Å²) in [4.78, 5) is 39.8. The second-order valence-corrected chi connectivity index (χ2v) is 9.94. The molecule has 1 fully saturated rings. The first-order valence-electron chi connectivity index (χ1n) is 12.3. The summed E-state index contributed by atoms with van der Waals surface area (Å²) in [5, 5.41) is 5.64. The number of urea groups is 1. The molecule has 4 rings (SSSR count). The summed E-state index contributed by atoms with van der Waals surface area (Å²) in [6.45, 7) is 1.92. The van der Waals surface area contributed by atoms with Gasteiger partial charge in [0.15, 0.2) is 0 Å². The van der Waals surface area contributed by atoms with Crippen molar-refractivity contribution >= 4 is 41.0 Å². The van der Waals surface area contributed by atoms with Crippen LogP contribution < -0.4 is 20.1 Å². The van der Waals surface area contributed by atoms with Crippen LogP contribution in [-0.4, -0.2) is 55.8 Å². The predicted octanol–water partition coefficient (Wildman–Crippen LogP) is 5.26. The topological polar surface area (TPSA) is 106 Å². The Bertz CT molecular complexity index is 1380. The van der Waals surface area contributed by atoms with Gasteiger partial charge in [0, 0.05) is 11.4 Å². The van der Waals surface area contributed by atoms with Gasteiger partial charge in [0.05, 0.1) is 45.4 Å². The van der Waals surface area contributed by atoms with E-state index in [0.717, 1.165) is 22.4 Å². The first-order chi connectivity index (χ1) is 18.8. The van der Waals surface area contributed by atoms with Crippen molar-refractivity contribution in [2.45, 2.75) is 19.4 Å². The van der Waals surface area contributed by atoms with Crippen LogP contribution in [0.3, 0.4) is 0 Å². The van der Waals surface area contributed by atoms with Crippen molar-refractivity contribution in [3.8, 4) is 11.5 Å². The minimum atomic E-state index is -0.480. The predicted molar refractivity (Wildman–Crippen MR) is 152 cm³/mol. The van der Waals surface area contributed by atoms with E-state index in [0.29, 0.717) is 34.3 Å². The SMILES string of the molecule is COC(=O)c1ccc(C2CSCN2C(=O)Cc2ccc(NC(=O)Nc3ccccc3C)c(OC)c2)cc1OC. The van der Waals surface area contributed by atoms with Gasteiger partial charge in [-0.1, -0.05) is 30.3 Å². The number of aryl methyl sites for hydroxylation is 1. The maximum absolute atomic E-state index is 13.4. The molecule has 2 N–H and O–H groups in total. The Kier molecular flexibility index (Phi) is 8.98. The molecule has 0 aliphatic carbocycles. The van der Waals surface area contributed by atoms with Gasteiger partial charge in [-0.3, -0.25) is 4.79 Å². The van der Waals surface area contributed by atoms with Crippen molar-refractivity contribution in [3.05, 3.63) is 82.9 Å². The standard InChI is InChI=1S/C29H31N3O6S/c1-18-7-5-6-8-22(18)30-29(35)31-23-12-9-19(13-26(23)37-3)14-27(33)32-17-39-16-24(32)20-10-11-21(28(34)38-4)25(15-20)36-2/h5-13,15,24H,14,16-17H2,1-4H3,(H2,30,31,35). The lowest BCUT2D eigenvalue weighted by Gasteiger charge is -2.25. The van der Waals surface area contributed by atoms with E-state index in [9.17, 15) is 14.4 Å². The highest BCUT2D eigenvalue weighted by atomic mass is 32.2. The summed E-state index contributed by atoms with van der Waals surface area (Å²) in [6, 6.07) is 17.5. The van der Waals surface area contributed by atoms with Gasteiger partial charge in [0.25, 0.3) is 0 Å². The molecule has 0 spiro atoms. The minimum Gasteiger partial charge on any atom is -0.496 e. The van der Waals surface area contributed by atoms with E-state index >= 15 is 0 Å². The van der Waals surface area contributed by atoms with Crippen molar-refractivity contribution < 1.29 is 28.6 Å². The summed E-state index contributed by atoms with van der Waals surface area (Å²) in [5.41, 5.74) is 4.13. The van der Waals surface area contributed by atoms with Gasteiger partial charge in [0.2, 0.25) is 5.91 Å². The number of methoxy groups -OCH3 is 3. The highest BCUT2D eigenvalue weighted by Gasteiger charge is 2.31. The van der Waals surface area contributed by atoms with Gasteiger partial charge in [-0.05, 0) is 53.9 Å². The Morgan fingerprint density at radius 1 is 0.923 bits per heavy atom. The maximum atomic E-state index is 13.4. The summed E-state index contributed by atoms with van der Waals surface area (Å²) in [5.74, 6) is 1.63. The van der Waals surface area contributed by atoms with Crippen LogP contribution in [0.2, 0.25) is 0 Å². The molecule has 1 saturated heterocycles. The molecule has 39 heavy (non-hydrogen) atoms. The number of amides is 3. The van der Waals surface area contributed by atoms with E-state index in [4.69, 9.17) is 14.2 Å². The third kappa shape index (κ3) is 6.46. The van der Waals surface area contributed by atoms with Gasteiger partial charge in [0.1, 0.15) is 17.1 Å². The zero-order valence-corrected chi connectivity index (χ0v) is 23.1. The monoisotopic (exact) mass is 549 g/mol. The fourth-order valence-electron chi connectivity index (χ4n) is 4.37. The van der Waals surface area contributed by atoms with Crippen molar-refractivity contribution in [1.29, 1.82) is 0 Å². The number of thioether (sulfide) groups is 1. The molecule has 3 aromatic rings. The zero-order valence-electron chi connectivity index (χ0n) is 22.3. The number of carbonyl (C=O) groups excluding carboxylic acids is 3. The third-order valence-corrected chi connectivity index (χ3v) is 7.49. The van der Waals surface area contributed by atoms with E-state index in [1.807, 2.05) is 42.2 Å². The number of para-hydroxylation sites is 1. The number of benzene rings is 3. The molecule has 3 amide bonds. The van der Waals surface area contributed by atoms with Crippen LogP contribution in [-0.2, 0) is 16.0 Å². The Morgan fingerprint density at radius 3 is 2.38 bits per heavy atom. The number of esters is 1. The molecule has 1 aliphatic heterocycles. The molecule has 1 atom stereocenters. The molecule has 0 aromatic heterocycles. The van der Waals surface area contributed by atoms with Gasteiger partial charge in [-0.25, -0.2) is 9.59 Å². The van der Waals surface area contributed by atoms with Gasteiger partial charge in [-0.15, -0.1) is 11.8 Å². The van der Waals surface area contributed by atoms with Crippen molar-refractivity contribution in [2.75, 3.05) is 43.6 Å². The van der Waals surface area contributed by atoms with Gasteiger partial charge in [-0.2, -0.15) is 0 Å². The van der Waals surface area contributed by atoms with Crippen LogP contribution in [0, 0.1) is 6.92 Å². The number of hydrogen-bond acceptors (Lipinski definition) is 7. The smallest absolute Gasteiger partial charge is 0.341 e. The van der Waals surface area contributed by atoms with Crippen molar-refractivity contribution in [2.24, 2.45) is 0 Å². The maximum Gasteiger partial charge on any atom is 0.341 e. The Balaban J connectivity index is 1.45. The van der Waals surface area contributed by atoms with Crippen LogP contribution >= 0.6 is 11.8 Å². The Morgan fingerprint density at radius 2 is 1.67 bits per heavy atom. The zero-order chi connectivity index (χ0) is 27.9. The third-order valence-electron chi connectivity index (χ3n) is 6.48. The molecule has 1 aliphatic rings. The molecule has 1 heterocycles. The van der Waals surface area contributed by atoms with Crippen molar-refractivity contribution in [3.63, 3.8) is 0 Å². The fourth-order valence-corrected chi connectivity index (χ4v) is 5.59. The van der Waals surface area contributed by atoms with E-state index in [1.54, 1.807) is 42.1 Å². The first-order valence-corrected chi connectivity index (χ1v) is 13.4. The number of rotatable bonds is 8. The highest BCUT2D eigenvalue weighted by molar-refractivity contribution is 7.99. The number of nitrogens with zero attached hydrogens (tertiary/aromatic N) is 1. The summed E-state index contributed by atoms with van der Waals surface area (Å²) < 4.78 is 15.7. The first kappa shape index (κ1) is 27.8. The lowest BCUT2D eigenvalue weighted by molar-refractivity contribution is -0.131. The summed E-state index contributed by atoms with van der Waals surface area (Å²) >= 11 is 1.66. The lowest BCUT2D eigenvalue weighted by Crippen LogP contribution is -2.32. The van der Waals surface area contributed by atoms with Crippen LogP contribution in [0.25, 0.3) is 0 Å². The average molecular weight is 550 g/mol. The quantitative estimate of drug-likeness (QED) is 0.369. The van der Waals surface area contributed by atoms with Crippen molar-refractivity contribution in [1.82, 2.24) is 4.90 Å². The number of nitrogens with one attached hydrogen (secondary N) is 2. The Hall–Kier alpha value is -4.18. The molecule has 10 heteroatoms. The summed E-state index contributed by atoms with van der Waals surface area (Å²) in [6.07, 6.45) is 0.167. The van der Waals surface area contributed by atoms with Crippen LogP contribution in [0.15, 0.2) is 60.7 Å². The normalized spacial score (nSPS) is 14.5. The summed E-state index contributed by atoms with van der Waals surface area (Å²) in [7, 11) is 4.33. The Labute approximate surface area is 231 Å². The molecule has 0 saturated carbocycles.